The highest BCUT2D eigenvalue weighted by Gasteiger charge is 2.14. The van der Waals surface area contributed by atoms with Gasteiger partial charge in [-0.05, 0) is 11.6 Å². The molecule has 1 aromatic carbocycles. The fourth-order valence-corrected chi connectivity index (χ4v) is 2.38. The maximum atomic E-state index is 12.2. The minimum Gasteiger partial charge on any atom is -0.337 e. The van der Waals surface area contributed by atoms with Crippen LogP contribution in [-0.2, 0) is 6.54 Å². The predicted octanol–water partition coefficient (Wildman–Crippen LogP) is 1.73. The van der Waals surface area contributed by atoms with Gasteiger partial charge in [-0.25, -0.2) is 0 Å². The van der Waals surface area contributed by atoms with E-state index in [-0.39, 0.29) is 5.91 Å². The van der Waals surface area contributed by atoms with Crippen LogP contribution in [0.15, 0.2) is 36.0 Å². The highest BCUT2D eigenvalue weighted by Crippen LogP contribution is 2.14. The largest absolute Gasteiger partial charge is 0.337 e. The summed E-state index contributed by atoms with van der Waals surface area (Å²) in [5.41, 5.74) is 8.96. The molecule has 0 saturated carbocycles. The molecule has 2 N–H and O–H groups in total. The molecule has 0 unspecified atom stereocenters. The van der Waals surface area contributed by atoms with Gasteiger partial charge in [0.1, 0.15) is 4.88 Å². The zero-order valence-electron chi connectivity index (χ0n) is 11.2. The van der Waals surface area contributed by atoms with Gasteiger partial charge in [0, 0.05) is 19.2 Å². The van der Waals surface area contributed by atoms with E-state index in [0.717, 1.165) is 11.1 Å². The molecule has 102 valence electrons. The molecular weight excluding hydrogens is 270 g/mol. The first-order chi connectivity index (χ1) is 9.72. The molecule has 0 aliphatic carbocycles. The maximum Gasteiger partial charge on any atom is 0.265 e. The molecule has 0 fully saturated rings. The van der Waals surface area contributed by atoms with E-state index in [4.69, 9.17) is 5.73 Å². The van der Waals surface area contributed by atoms with Crippen molar-refractivity contribution in [3.63, 3.8) is 0 Å². The lowest BCUT2D eigenvalue weighted by Gasteiger charge is -2.17. The van der Waals surface area contributed by atoms with Gasteiger partial charge in [-0.1, -0.05) is 30.0 Å². The lowest BCUT2D eigenvalue weighted by molar-refractivity contribution is 0.0789. The molecule has 20 heavy (non-hydrogen) atoms. The van der Waals surface area contributed by atoms with Crippen LogP contribution in [0.2, 0.25) is 0 Å². The highest BCUT2D eigenvalue weighted by atomic mass is 32.1. The number of carbonyl (C=O) groups excluding carboxylic acids is 1. The van der Waals surface area contributed by atoms with Gasteiger partial charge in [0.25, 0.3) is 5.91 Å². The van der Waals surface area contributed by atoms with Gasteiger partial charge in [-0.3, -0.25) is 9.78 Å². The van der Waals surface area contributed by atoms with E-state index < -0.39 is 0 Å². The van der Waals surface area contributed by atoms with E-state index in [0.29, 0.717) is 18.0 Å². The van der Waals surface area contributed by atoms with Crippen LogP contribution in [0.4, 0.5) is 0 Å². The number of rotatable bonds is 3. The minimum atomic E-state index is -0.0333. The molecule has 0 bridgehead atoms. The number of nitrogens with zero attached hydrogens (tertiary/aromatic N) is 2. The van der Waals surface area contributed by atoms with Gasteiger partial charge in [-0.15, -0.1) is 11.3 Å². The number of hydrogen-bond donors (Lipinski definition) is 1. The predicted molar refractivity (Wildman–Crippen MR) is 80.3 cm³/mol. The number of thiazole rings is 1. The van der Waals surface area contributed by atoms with Gasteiger partial charge in [0.05, 0.1) is 18.3 Å². The molecular formula is C15H15N3OS. The molecule has 0 aliphatic rings. The standard InChI is InChI=1S/C15H15N3OS/c1-18(15(19)14-9-17-11-20-14)10-13-6-3-2-5-12(13)7-4-8-16/h2-3,5-6,9,11H,8,10,16H2,1H3. The van der Waals surface area contributed by atoms with E-state index in [1.54, 1.807) is 23.7 Å². The third-order valence-corrected chi connectivity index (χ3v) is 3.50. The Kier molecular flexibility index (Phi) is 4.88. The molecule has 0 aliphatic heterocycles. The summed E-state index contributed by atoms with van der Waals surface area (Å²) in [4.78, 5) is 18.4. The zero-order valence-corrected chi connectivity index (χ0v) is 12.0. The number of hydrogen-bond acceptors (Lipinski definition) is 4. The average molecular weight is 285 g/mol. The monoisotopic (exact) mass is 285 g/mol. The Morgan fingerprint density at radius 3 is 2.95 bits per heavy atom. The van der Waals surface area contributed by atoms with Crippen molar-refractivity contribution in [1.82, 2.24) is 9.88 Å². The summed E-state index contributed by atoms with van der Waals surface area (Å²) in [6, 6.07) is 7.77. The van der Waals surface area contributed by atoms with Crippen LogP contribution >= 0.6 is 11.3 Å². The number of nitrogens with two attached hydrogens (primary N) is 1. The van der Waals surface area contributed by atoms with Crippen LogP contribution in [-0.4, -0.2) is 29.4 Å². The van der Waals surface area contributed by atoms with Crippen LogP contribution in [0.25, 0.3) is 0 Å². The number of amides is 1. The van der Waals surface area contributed by atoms with E-state index in [1.807, 2.05) is 24.3 Å². The maximum absolute atomic E-state index is 12.2. The Hall–Kier alpha value is -2.16. The zero-order chi connectivity index (χ0) is 14.4. The fraction of sp³-hybridized carbons (Fsp3) is 0.200. The molecule has 5 heteroatoms. The van der Waals surface area contributed by atoms with Crippen molar-refractivity contribution in [2.45, 2.75) is 6.54 Å². The molecule has 4 nitrogen and oxygen atoms in total. The summed E-state index contributed by atoms with van der Waals surface area (Å²) >= 11 is 1.34. The fourth-order valence-electron chi connectivity index (χ4n) is 1.76. The van der Waals surface area contributed by atoms with Crippen LogP contribution < -0.4 is 5.73 Å². The van der Waals surface area contributed by atoms with E-state index >= 15 is 0 Å². The summed E-state index contributed by atoms with van der Waals surface area (Å²) in [7, 11) is 1.77. The molecule has 0 spiro atoms. The minimum absolute atomic E-state index is 0.0333. The summed E-state index contributed by atoms with van der Waals surface area (Å²) in [6.45, 7) is 0.829. The van der Waals surface area contributed by atoms with Gasteiger partial charge < -0.3 is 10.6 Å². The Morgan fingerprint density at radius 1 is 1.45 bits per heavy atom. The van der Waals surface area contributed by atoms with Crippen molar-refractivity contribution in [3.05, 3.63) is 52.0 Å². The first-order valence-electron chi connectivity index (χ1n) is 6.13. The van der Waals surface area contributed by atoms with Gasteiger partial charge >= 0.3 is 0 Å². The summed E-state index contributed by atoms with van der Waals surface area (Å²) in [5.74, 6) is 5.84. The molecule has 0 atom stereocenters. The third kappa shape index (κ3) is 3.44. The molecule has 1 aromatic heterocycles. The van der Waals surface area contributed by atoms with Crippen molar-refractivity contribution in [2.24, 2.45) is 5.73 Å². The SMILES string of the molecule is CN(Cc1ccccc1C#CCN)C(=O)c1cncs1. The van der Waals surface area contributed by atoms with Crippen molar-refractivity contribution < 1.29 is 4.79 Å². The summed E-state index contributed by atoms with van der Waals surface area (Å²) in [6.07, 6.45) is 1.59. The quantitative estimate of drug-likeness (QED) is 0.874. The van der Waals surface area contributed by atoms with Crippen molar-refractivity contribution in [1.29, 1.82) is 0 Å². The average Bonchev–Trinajstić information content (AvgIpc) is 2.99. The van der Waals surface area contributed by atoms with Gasteiger partial charge in [0.15, 0.2) is 0 Å². The summed E-state index contributed by atoms with van der Waals surface area (Å²) < 4.78 is 0. The molecule has 0 radical (unpaired) electrons. The molecule has 1 heterocycles. The lowest BCUT2D eigenvalue weighted by Crippen LogP contribution is -2.25. The number of aromatic nitrogens is 1. The molecule has 0 saturated heterocycles. The van der Waals surface area contributed by atoms with Crippen molar-refractivity contribution >= 4 is 17.2 Å². The third-order valence-electron chi connectivity index (χ3n) is 2.74. The normalized spacial score (nSPS) is 9.70. The summed E-state index contributed by atoms with van der Waals surface area (Å²) in [5, 5.41) is 0. The van der Waals surface area contributed by atoms with Gasteiger partial charge in [-0.2, -0.15) is 0 Å². The van der Waals surface area contributed by atoms with Crippen LogP contribution in [0.5, 0.6) is 0 Å². The molecule has 2 rings (SSSR count). The topological polar surface area (TPSA) is 59.2 Å². The second-order valence-corrected chi connectivity index (χ2v) is 5.08. The van der Waals surface area contributed by atoms with Crippen molar-refractivity contribution in [2.75, 3.05) is 13.6 Å². The van der Waals surface area contributed by atoms with E-state index in [2.05, 4.69) is 16.8 Å². The lowest BCUT2D eigenvalue weighted by atomic mass is 10.1. The van der Waals surface area contributed by atoms with E-state index in [9.17, 15) is 4.79 Å². The first kappa shape index (κ1) is 14.3. The number of benzene rings is 1. The van der Waals surface area contributed by atoms with Crippen molar-refractivity contribution in [3.8, 4) is 11.8 Å². The highest BCUT2D eigenvalue weighted by molar-refractivity contribution is 7.11. The second kappa shape index (κ2) is 6.85. The Bertz CT molecular complexity index is 641. The van der Waals surface area contributed by atoms with Crippen LogP contribution in [0, 0.1) is 11.8 Å². The van der Waals surface area contributed by atoms with Crippen LogP contribution in [0.1, 0.15) is 20.8 Å². The van der Waals surface area contributed by atoms with Gasteiger partial charge in [0.2, 0.25) is 0 Å². The number of carbonyl (C=O) groups is 1. The first-order valence-corrected chi connectivity index (χ1v) is 7.01. The molecule has 2 aromatic rings. The van der Waals surface area contributed by atoms with Crippen LogP contribution in [0.3, 0.4) is 0 Å². The smallest absolute Gasteiger partial charge is 0.265 e. The Morgan fingerprint density at radius 2 is 2.25 bits per heavy atom. The Labute approximate surface area is 122 Å². The van der Waals surface area contributed by atoms with E-state index in [1.165, 1.54) is 11.3 Å². The second-order valence-electron chi connectivity index (χ2n) is 4.19. The Balaban J connectivity index is 2.15. The molecule has 1 amide bonds.